The number of anilines is 1. The third kappa shape index (κ3) is 2.19. The second-order valence-corrected chi connectivity index (χ2v) is 3.18. The van der Waals surface area contributed by atoms with E-state index in [2.05, 4.69) is 26.1 Å². The Balaban J connectivity index is 3.11. The van der Waals surface area contributed by atoms with E-state index in [0.717, 1.165) is 0 Å². The van der Waals surface area contributed by atoms with Crippen molar-refractivity contribution in [1.29, 1.82) is 0 Å². The number of methoxy groups -OCH3 is 1. The number of esters is 1. The maximum Gasteiger partial charge on any atom is 0.339 e. The van der Waals surface area contributed by atoms with Crippen LogP contribution in [0.25, 0.3) is 0 Å². The molecule has 0 fully saturated rings. The Morgan fingerprint density at radius 2 is 2.31 bits per heavy atom. The Labute approximate surface area is 84.2 Å². The number of ether oxygens (including phenoxy) is 1. The molecular weight excluding hydrogens is 236 g/mol. The van der Waals surface area contributed by atoms with E-state index >= 15 is 0 Å². The third-order valence-electron chi connectivity index (χ3n) is 1.54. The monoisotopic (exact) mass is 244 g/mol. The molecule has 0 bridgehead atoms. The summed E-state index contributed by atoms with van der Waals surface area (Å²) in [6.07, 6.45) is 0. The van der Waals surface area contributed by atoms with Crippen LogP contribution in [0.15, 0.2) is 22.7 Å². The highest BCUT2D eigenvalue weighted by atomic mass is 79.9. The fraction of sp³-hybridized carbons (Fsp3) is 0.125. The first-order chi connectivity index (χ1) is 6.19. The number of hydrazine groups is 1. The molecule has 3 N–H and O–H groups in total. The molecule has 0 radical (unpaired) electrons. The van der Waals surface area contributed by atoms with Crippen molar-refractivity contribution < 1.29 is 9.53 Å². The number of halogens is 1. The van der Waals surface area contributed by atoms with Crippen LogP contribution in [-0.4, -0.2) is 13.1 Å². The van der Waals surface area contributed by atoms with E-state index in [1.54, 1.807) is 18.2 Å². The van der Waals surface area contributed by atoms with Gasteiger partial charge < -0.3 is 10.2 Å². The second kappa shape index (κ2) is 4.25. The van der Waals surface area contributed by atoms with Crippen molar-refractivity contribution in [3.63, 3.8) is 0 Å². The molecule has 4 nitrogen and oxygen atoms in total. The predicted molar refractivity (Wildman–Crippen MR) is 53.3 cm³/mol. The molecule has 0 unspecified atom stereocenters. The van der Waals surface area contributed by atoms with Gasteiger partial charge in [-0.1, -0.05) is 0 Å². The zero-order valence-corrected chi connectivity index (χ0v) is 8.59. The molecule has 1 aromatic rings. The molecule has 0 heterocycles. The number of carbonyl (C=O) groups is 1. The smallest absolute Gasteiger partial charge is 0.339 e. The fourth-order valence-corrected chi connectivity index (χ4v) is 1.29. The van der Waals surface area contributed by atoms with Gasteiger partial charge in [-0.3, -0.25) is 5.84 Å². The third-order valence-corrected chi connectivity index (χ3v) is 2.23. The quantitative estimate of drug-likeness (QED) is 0.471. The minimum Gasteiger partial charge on any atom is -0.465 e. The molecule has 0 saturated heterocycles. The summed E-state index contributed by atoms with van der Waals surface area (Å²) in [5, 5.41) is 0. The molecule has 5 heteroatoms. The molecule has 0 spiro atoms. The van der Waals surface area contributed by atoms with Crippen molar-refractivity contribution in [3.05, 3.63) is 28.2 Å². The lowest BCUT2D eigenvalue weighted by Gasteiger charge is -2.05. The van der Waals surface area contributed by atoms with Crippen molar-refractivity contribution in [2.75, 3.05) is 12.5 Å². The van der Waals surface area contributed by atoms with E-state index < -0.39 is 5.97 Å². The summed E-state index contributed by atoms with van der Waals surface area (Å²) in [5.41, 5.74) is 3.54. The number of nitrogens with two attached hydrogens (primary N) is 1. The van der Waals surface area contributed by atoms with Crippen LogP contribution in [0.2, 0.25) is 0 Å². The van der Waals surface area contributed by atoms with E-state index in [-0.39, 0.29) is 0 Å². The Morgan fingerprint density at radius 3 is 2.85 bits per heavy atom. The maximum absolute atomic E-state index is 11.2. The Hall–Kier alpha value is -1.07. The second-order valence-electron chi connectivity index (χ2n) is 2.33. The lowest BCUT2D eigenvalue weighted by molar-refractivity contribution is 0.0600. The highest BCUT2D eigenvalue weighted by Crippen LogP contribution is 2.21. The van der Waals surface area contributed by atoms with Gasteiger partial charge in [0.25, 0.3) is 0 Å². The minimum atomic E-state index is -0.399. The summed E-state index contributed by atoms with van der Waals surface area (Å²) < 4.78 is 5.26. The normalized spacial score (nSPS) is 9.46. The van der Waals surface area contributed by atoms with Crippen LogP contribution in [0, 0.1) is 0 Å². The average molecular weight is 245 g/mol. The van der Waals surface area contributed by atoms with Crippen LogP contribution < -0.4 is 11.3 Å². The first-order valence-corrected chi connectivity index (χ1v) is 4.33. The Morgan fingerprint density at radius 1 is 1.62 bits per heavy atom. The highest BCUT2D eigenvalue weighted by molar-refractivity contribution is 9.10. The number of hydrogen-bond acceptors (Lipinski definition) is 4. The number of nitrogen functional groups attached to an aromatic ring is 1. The van der Waals surface area contributed by atoms with Gasteiger partial charge in [0, 0.05) is 10.2 Å². The standard InChI is InChI=1S/C8H9BrN2O2/c1-13-8(12)6-4-5(11-10)2-3-7(6)9/h2-4,11H,10H2,1H3. The molecular formula is C8H9BrN2O2. The zero-order chi connectivity index (χ0) is 9.84. The summed E-state index contributed by atoms with van der Waals surface area (Å²) in [5.74, 6) is 4.79. The van der Waals surface area contributed by atoms with Gasteiger partial charge in [0.05, 0.1) is 12.7 Å². The van der Waals surface area contributed by atoms with Crippen molar-refractivity contribution >= 4 is 27.6 Å². The predicted octanol–water partition coefficient (Wildman–Crippen LogP) is 1.52. The average Bonchev–Trinajstić information content (AvgIpc) is 2.17. The lowest BCUT2D eigenvalue weighted by Crippen LogP contribution is -2.09. The van der Waals surface area contributed by atoms with E-state index in [1.807, 2.05) is 0 Å². The van der Waals surface area contributed by atoms with Gasteiger partial charge in [-0.05, 0) is 34.1 Å². The first-order valence-electron chi connectivity index (χ1n) is 3.53. The van der Waals surface area contributed by atoms with Gasteiger partial charge in [0.1, 0.15) is 0 Å². The molecule has 0 aliphatic carbocycles. The van der Waals surface area contributed by atoms with Gasteiger partial charge in [-0.2, -0.15) is 0 Å². The summed E-state index contributed by atoms with van der Waals surface area (Å²) in [6, 6.07) is 5.08. The highest BCUT2D eigenvalue weighted by Gasteiger charge is 2.10. The summed E-state index contributed by atoms with van der Waals surface area (Å²) in [7, 11) is 1.33. The first kappa shape index (κ1) is 10.0. The van der Waals surface area contributed by atoms with Crippen LogP contribution >= 0.6 is 15.9 Å². The van der Waals surface area contributed by atoms with Gasteiger partial charge >= 0.3 is 5.97 Å². The van der Waals surface area contributed by atoms with E-state index in [1.165, 1.54) is 7.11 Å². The van der Waals surface area contributed by atoms with Crippen molar-refractivity contribution in [1.82, 2.24) is 0 Å². The number of carbonyl (C=O) groups excluding carboxylic acids is 1. The fourth-order valence-electron chi connectivity index (χ4n) is 0.881. The Kier molecular flexibility index (Phi) is 3.27. The molecule has 1 aromatic carbocycles. The van der Waals surface area contributed by atoms with Crippen molar-refractivity contribution in [2.45, 2.75) is 0 Å². The number of rotatable bonds is 2. The lowest BCUT2D eigenvalue weighted by atomic mass is 10.2. The molecule has 0 amide bonds. The number of nitrogens with one attached hydrogen (secondary N) is 1. The summed E-state index contributed by atoms with van der Waals surface area (Å²) in [6.45, 7) is 0. The Bertz CT molecular complexity index is 328. The van der Waals surface area contributed by atoms with Crippen LogP contribution in [0.3, 0.4) is 0 Å². The maximum atomic E-state index is 11.2. The van der Waals surface area contributed by atoms with Crippen molar-refractivity contribution in [2.24, 2.45) is 5.84 Å². The number of hydrogen-bond donors (Lipinski definition) is 2. The van der Waals surface area contributed by atoms with Crippen LogP contribution in [0.5, 0.6) is 0 Å². The molecule has 0 saturated carbocycles. The van der Waals surface area contributed by atoms with Gasteiger partial charge in [-0.15, -0.1) is 0 Å². The molecule has 0 aliphatic heterocycles. The van der Waals surface area contributed by atoms with Gasteiger partial charge in [0.15, 0.2) is 0 Å². The SMILES string of the molecule is COC(=O)c1cc(NN)ccc1Br. The largest absolute Gasteiger partial charge is 0.465 e. The number of benzene rings is 1. The van der Waals surface area contributed by atoms with Crippen LogP contribution in [-0.2, 0) is 4.74 Å². The van der Waals surface area contributed by atoms with Crippen LogP contribution in [0.4, 0.5) is 5.69 Å². The van der Waals surface area contributed by atoms with E-state index in [0.29, 0.717) is 15.7 Å². The molecule has 13 heavy (non-hydrogen) atoms. The van der Waals surface area contributed by atoms with Crippen molar-refractivity contribution in [3.8, 4) is 0 Å². The van der Waals surface area contributed by atoms with E-state index in [4.69, 9.17) is 5.84 Å². The molecule has 0 aliphatic rings. The topological polar surface area (TPSA) is 64.3 Å². The molecule has 0 atom stereocenters. The van der Waals surface area contributed by atoms with Crippen LogP contribution in [0.1, 0.15) is 10.4 Å². The zero-order valence-electron chi connectivity index (χ0n) is 7.00. The molecule has 1 rings (SSSR count). The van der Waals surface area contributed by atoms with E-state index in [9.17, 15) is 4.79 Å². The van der Waals surface area contributed by atoms with Gasteiger partial charge in [-0.25, -0.2) is 4.79 Å². The van der Waals surface area contributed by atoms with Gasteiger partial charge in [0.2, 0.25) is 0 Å². The summed E-state index contributed by atoms with van der Waals surface area (Å²) >= 11 is 3.23. The molecule has 0 aromatic heterocycles. The summed E-state index contributed by atoms with van der Waals surface area (Å²) in [4.78, 5) is 11.2. The minimum absolute atomic E-state index is 0.399. The molecule has 70 valence electrons.